The van der Waals surface area contributed by atoms with E-state index in [1.807, 2.05) is 19.1 Å². The Morgan fingerprint density at radius 2 is 2.06 bits per heavy atom. The number of ether oxygens (including phenoxy) is 1. The molecule has 92 valence electrons. The van der Waals surface area contributed by atoms with E-state index < -0.39 is 0 Å². The highest BCUT2D eigenvalue weighted by molar-refractivity contribution is 5.94. The average molecular weight is 233 g/mol. The molecule has 2 N–H and O–H groups in total. The molecule has 1 unspecified atom stereocenters. The van der Waals surface area contributed by atoms with E-state index in [0.29, 0.717) is 11.8 Å². The van der Waals surface area contributed by atoms with Crippen molar-refractivity contribution in [1.82, 2.24) is 10.7 Å². The largest absolute Gasteiger partial charge is 0.437 e. The maximum absolute atomic E-state index is 5.62. The van der Waals surface area contributed by atoms with Crippen molar-refractivity contribution >= 4 is 5.90 Å². The first-order chi connectivity index (χ1) is 8.20. The second kappa shape index (κ2) is 5.19. The van der Waals surface area contributed by atoms with Gasteiger partial charge in [-0.05, 0) is 30.2 Å². The van der Waals surface area contributed by atoms with Crippen LogP contribution in [0.2, 0.25) is 0 Å². The fraction of sp³-hybridized carbons (Fsp3) is 0.462. The lowest BCUT2D eigenvalue weighted by molar-refractivity contribution is 0.151. The van der Waals surface area contributed by atoms with E-state index in [2.05, 4.69) is 41.8 Å². The minimum Gasteiger partial charge on any atom is -0.437 e. The van der Waals surface area contributed by atoms with Gasteiger partial charge in [0, 0.05) is 5.56 Å². The SMILES string of the molecule is CCNC1NN=C(c2ccc(C(C)C)cc2)O1. The number of hydrogen-bond donors (Lipinski definition) is 2. The third-order valence-electron chi connectivity index (χ3n) is 2.73. The second-order valence-corrected chi connectivity index (χ2v) is 4.38. The Bertz CT molecular complexity index is 398. The molecule has 0 aromatic heterocycles. The van der Waals surface area contributed by atoms with Gasteiger partial charge < -0.3 is 4.74 Å². The third-order valence-corrected chi connectivity index (χ3v) is 2.73. The maximum Gasteiger partial charge on any atom is 0.244 e. The third kappa shape index (κ3) is 2.77. The molecule has 0 amide bonds. The topological polar surface area (TPSA) is 45.7 Å². The average Bonchev–Trinajstić information content (AvgIpc) is 2.78. The summed E-state index contributed by atoms with van der Waals surface area (Å²) in [5.74, 6) is 1.19. The second-order valence-electron chi connectivity index (χ2n) is 4.38. The van der Waals surface area contributed by atoms with Crippen molar-refractivity contribution in [3.63, 3.8) is 0 Å². The molecule has 17 heavy (non-hydrogen) atoms. The molecule has 1 aromatic rings. The summed E-state index contributed by atoms with van der Waals surface area (Å²) < 4.78 is 5.62. The van der Waals surface area contributed by atoms with Gasteiger partial charge in [0.25, 0.3) is 0 Å². The number of benzene rings is 1. The van der Waals surface area contributed by atoms with Crippen molar-refractivity contribution in [3.8, 4) is 0 Å². The summed E-state index contributed by atoms with van der Waals surface area (Å²) in [5, 5.41) is 7.29. The molecule has 1 aliphatic rings. The Hall–Kier alpha value is -1.55. The fourth-order valence-corrected chi connectivity index (χ4v) is 1.70. The summed E-state index contributed by atoms with van der Waals surface area (Å²) in [6.45, 7) is 7.23. The molecule has 0 spiro atoms. The Balaban J connectivity index is 2.04. The van der Waals surface area contributed by atoms with E-state index in [1.165, 1.54) is 5.56 Å². The molecule has 4 nitrogen and oxygen atoms in total. The molecule has 1 atom stereocenters. The number of hydrogen-bond acceptors (Lipinski definition) is 4. The molecular weight excluding hydrogens is 214 g/mol. The van der Waals surface area contributed by atoms with E-state index in [1.54, 1.807) is 0 Å². The highest BCUT2D eigenvalue weighted by atomic mass is 16.5. The standard InChI is InChI=1S/C13H19N3O/c1-4-14-13-16-15-12(17-13)11-7-5-10(6-8-11)9(2)3/h5-9,13-14,16H,4H2,1-3H3. The summed E-state index contributed by atoms with van der Waals surface area (Å²) in [6, 6.07) is 8.33. The van der Waals surface area contributed by atoms with Crippen LogP contribution in [0.5, 0.6) is 0 Å². The molecule has 0 saturated carbocycles. The van der Waals surface area contributed by atoms with Gasteiger partial charge >= 0.3 is 0 Å². The van der Waals surface area contributed by atoms with Crippen LogP contribution in [0, 0.1) is 0 Å². The van der Waals surface area contributed by atoms with Gasteiger partial charge in [-0.1, -0.05) is 32.9 Å². The molecule has 2 rings (SSSR count). The predicted molar refractivity (Wildman–Crippen MR) is 68.8 cm³/mol. The van der Waals surface area contributed by atoms with Crippen molar-refractivity contribution in [3.05, 3.63) is 35.4 Å². The predicted octanol–water partition coefficient (Wildman–Crippen LogP) is 1.98. The molecule has 0 fully saturated rings. The molecule has 0 bridgehead atoms. The maximum atomic E-state index is 5.62. The summed E-state index contributed by atoms with van der Waals surface area (Å²) in [6.07, 6.45) is -0.209. The van der Waals surface area contributed by atoms with Crippen molar-refractivity contribution in [2.75, 3.05) is 6.54 Å². The zero-order valence-electron chi connectivity index (χ0n) is 10.5. The van der Waals surface area contributed by atoms with Gasteiger partial charge in [0.2, 0.25) is 12.2 Å². The van der Waals surface area contributed by atoms with Crippen LogP contribution in [-0.4, -0.2) is 18.8 Å². The van der Waals surface area contributed by atoms with E-state index in [4.69, 9.17) is 4.74 Å². The molecule has 4 heteroatoms. The Kier molecular flexibility index (Phi) is 3.64. The number of hydrazone groups is 1. The highest BCUT2D eigenvalue weighted by Gasteiger charge is 2.19. The summed E-state index contributed by atoms with van der Waals surface area (Å²) >= 11 is 0. The monoisotopic (exact) mass is 233 g/mol. The number of rotatable bonds is 4. The van der Waals surface area contributed by atoms with Crippen LogP contribution < -0.4 is 10.7 Å². The molecular formula is C13H19N3O. The smallest absolute Gasteiger partial charge is 0.244 e. The molecule has 0 aliphatic carbocycles. The first-order valence-corrected chi connectivity index (χ1v) is 6.04. The van der Waals surface area contributed by atoms with Gasteiger partial charge in [0.05, 0.1) is 0 Å². The lowest BCUT2D eigenvalue weighted by Crippen LogP contribution is -2.38. The normalized spacial score (nSPS) is 18.8. The quantitative estimate of drug-likeness (QED) is 0.836. The van der Waals surface area contributed by atoms with Crippen molar-refractivity contribution in [2.24, 2.45) is 5.10 Å². The van der Waals surface area contributed by atoms with Crippen LogP contribution in [0.25, 0.3) is 0 Å². The van der Waals surface area contributed by atoms with Crippen molar-refractivity contribution in [1.29, 1.82) is 0 Å². The zero-order valence-corrected chi connectivity index (χ0v) is 10.5. The number of nitrogens with one attached hydrogen (secondary N) is 2. The van der Waals surface area contributed by atoms with Crippen LogP contribution >= 0.6 is 0 Å². The van der Waals surface area contributed by atoms with Gasteiger partial charge in [-0.3, -0.25) is 10.7 Å². The first kappa shape index (κ1) is 11.9. The number of nitrogens with zero attached hydrogens (tertiary/aromatic N) is 1. The lowest BCUT2D eigenvalue weighted by Gasteiger charge is -2.11. The van der Waals surface area contributed by atoms with Gasteiger partial charge in [0.1, 0.15) is 0 Å². The minimum atomic E-state index is -0.209. The van der Waals surface area contributed by atoms with Crippen LogP contribution in [0.3, 0.4) is 0 Å². The van der Waals surface area contributed by atoms with Crippen LogP contribution in [0.4, 0.5) is 0 Å². The zero-order chi connectivity index (χ0) is 12.3. The van der Waals surface area contributed by atoms with Gasteiger partial charge in [0.15, 0.2) is 0 Å². The molecule has 1 aromatic carbocycles. The summed E-state index contributed by atoms with van der Waals surface area (Å²) in [5.41, 5.74) is 5.22. The van der Waals surface area contributed by atoms with Gasteiger partial charge in [-0.25, -0.2) is 0 Å². The first-order valence-electron chi connectivity index (χ1n) is 6.04. The minimum absolute atomic E-state index is 0.209. The van der Waals surface area contributed by atoms with Crippen LogP contribution in [-0.2, 0) is 4.74 Å². The Labute approximate surface area is 102 Å². The van der Waals surface area contributed by atoms with Crippen LogP contribution in [0.15, 0.2) is 29.4 Å². The highest BCUT2D eigenvalue weighted by Crippen LogP contribution is 2.16. The Morgan fingerprint density at radius 3 is 2.65 bits per heavy atom. The van der Waals surface area contributed by atoms with E-state index >= 15 is 0 Å². The molecule has 1 aliphatic heterocycles. The molecule has 0 radical (unpaired) electrons. The fourth-order valence-electron chi connectivity index (χ4n) is 1.70. The van der Waals surface area contributed by atoms with Crippen molar-refractivity contribution in [2.45, 2.75) is 33.0 Å². The lowest BCUT2D eigenvalue weighted by atomic mass is 10.0. The van der Waals surface area contributed by atoms with Gasteiger partial charge in [-0.2, -0.15) is 0 Å². The van der Waals surface area contributed by atoms with Crippen LogP contribution in [0.1, 0.15) is 37.8 Å². The summed E-state index contributed by atoms with van der Waals surface area (Å²) in [7, 11) is 0. The van der Waals surface area contributed by atoms with Gasteiger partial charge in [-0.15, -0.1) is 5.10 Å². The molecule has 1 heterocycles. The molecule has 0 saturated heterocycles. The Morgan fingerprint density at radius 1 is 1.35 bits per heavy atom. The summed E-state index contributed by atoms with van der Waals surface area (Å²) in [4.78, 5) is 0. The van der Waals surface area contributed by atoms with E-state index in [0.717, 1.165) is 12.1 Å². The van der Waals surface area contributed by atoms with Crippen molar-refractivity contribution < 1.29 is 4.74 Å². The van der Waals surface area contributed by atoms with E-state index in [-0.39, 0.29) is 6.35 Å². The van der Waals surface area contributed by atoms with E-state index in [9.17, 15) is 0 Å².